The van der Waals surface area contributed by atoms with Crippen molar-refractivity contribution in [3.8, 4) is 0 Å². The second-order valence-corrected chi connectivity index (χ2v) is 13.9. The van der Waals surface area contributed by atoms with Crippen molar-refractivity contribution in [2.75, 3.05) is 0 Å². The Morgan fingerprint density at radius 1 is 0.844 bits per heavy atom. The smallest absolute Gasteiger partial charge is 0.0636 e. The third-order valence-corrected chi connectivity index (χ3v) is 12.6. The van der Waals surface area contributed by atoms with Crippen LogP contribution in [0.1, 0.15) is 106 Å². The van der Waals surface area contributed by atoms with Crippen LogP contribution in [0.5, 0.6) is 0 Å². The van der Waals surface area contributed by atoms with Gasteiger partial charge < -0.3 is 10.2 Å². The third kappa shape index (κ3) is 2.78. The number of fused-ring (bicyclic) bond motifs is 4. The largest absolute Gasteiger partial charge is 0.393 e. The molecule has 0 aromatic heterocycles. The minimum absolute atomic E-state index is 0.0108. The summed E-state index contributed by atoms with van der Waals surface area (Å²) in [6.07, 6.45) is 11.6. The first-order valence-corrected chi connectivity index (χ1v) is 13.6. The lowest BCUT2D eigenvalue weighted by Gasteiger charge is -2.62. The molecule has 3 fully saturated rings. The summed E-state index contributed by atoms with van der Waals surface area (Å²) in [6, 6.07) is 0. The van der Waals surface area contributed by atoms with E-state index in [1.807, 2.05) is 5.57 Å². The maximum absolute atomic E-state index is 11.3. The summed E-state index contributed by atoms with van der Waals surface area (Å²) in [6.45, 7) is 18.7. The van der Waals surface area contributed by atoms with E-state index in [0.717, 1.165) is 19.3 Å². The van der Waals surface area contributed by atoms with Crippen LogP contribution in [0.25, 0.3) is 0 Å². The third-order valence-electron chi connectivity index (χ3n) is 12.6. The molecule has 2 heteroatoms. The fraction of sp³-hybridized carbons (Fsp3) is 0.867. The van der Waals surface area contributed by atoms with E-state index in [0.29, 0.717) is 29.1 Å². The molecule has 0 saturated heterocycles. The summed E-state index contributed by atoms with van der Waals surface area (Å²) >= 11 is 0. The zero-order valence-corrected chi connectivity index (χ0v) is 21.6. The van der Waals surface area contributed by atoms with Gasteiger partial charge in [0.25, 0.3) is 0 Å². The number of aliphatic hydroxyl groups is 2. The van der Waals surface area contributed by atoms with Gasteiger partial charge in [-0.1, -0.05) is 57.9 Å². The lowest BCUT2D eigenvalue weighted by molar-refractivity contribution is -0.0970. The maximum atomic E-state index is 11.3. The summed E-state index contributed by atoms with van der Waals surface area (Å²) in [7, 11) is 0. The van der Waals surface area contributed by atoms with E-state index in [4.69, 9.17) is 0 Å². The normalized spacial score (nSPS) is 52.4. The predicted molar refractivity (Wildman–Crippen MR) is 132 cm³/mol. The highest BCUT2D eigenvalue weighted by Gasteiger charge is 2.64. The molecule has 2 N–H and O–H groups in total. The number of allylic oxidation sites excluding steroid dienone is 2. The van der Waals surface area contributed by atoms with Gasteiger partial charge in [-0.2, -0.15) is 0 Å². The molecule has 180 valence electrons. The molecule has 5 aliphatic carbocycles. The van der Waals surface area contributed by atoms with Gasteiger partial charge in [-0.15, -0.1) is 0 Å². The Bertz CT molecular complexity index is 838. The molecule has 5 aliphatic rings. The molecule has 0 aromatic rings. The first kappa shape index (κ1) is 23.2. The van der Waals surface area contributed by atoms with Gasteiger partial charge >= 0.3 is 0 Å². The fourth-order valence-electron chi connectivity index (χ4n) is 10.4. The van der Waals surface area contributed by atoms with Crippen molar-refractivity contribution in [3.05, 3.63) is 23.3 Å². The zero-order chi connectivity index (χ0) is 23.3. The van der Waals surface area contributed by atoms with Crippen LogP contribution in [0.4, 0.5) is 0 Å². The molecule has 3 saturated carbocycles. The minimum atomic E-state index is -0.194. The molecule has 9 atom stereocenters. The van der Waals surface area contributed by atoms with E-state index in [1.165, 1.54) is 50.5 Å². The van der Waals surface area contributed by atoms with Crippen LogP contribution in [0, 0.1) is 45.3 Å². The number of rotatable bonds is 2. The standard InChI is InChI=1S/C30H48O2/c1-18(2)19-8-9-20(26(19)32)21-12-16-30(7)23-10-11-24-27(3,4)25(31)14-15-28(24,5)22(23)13-17-29(21,30)6/h19-21,24-26,31-32H,1,8-17H2,2-7H3/t19-,20+,21+,24-,25-,26+,28+,29+,30-/m0/s1. The predicted octanol–water partition coefficient (Wildman–Crippen LogP) is 7.06. The molecule has 32 heavy (non-hydrogen) atoms. The number of aliphatic hydroxyl groups excluding tert-OH is 2. The second kappa shape index (κ2) is 7.20. The van der Waals surface area contributed by atoms with Crippen LogP contribution in [0.3, 0.4) is 0 Å². The highest BCUT2D eigenvalue weighted by atomic mass is 16.3. The Balaban J connectivity index is 1.50. The molecule has 0 radical (unpaired) electrons. The van der Waals surface area contributed by atoms with Gasteiger partial charge in [0, 0.05) is 5.92 Å². The monoisotopic (exact) mass is 440 g/mol. The van der Waals surface area contributed by atoms with Gasteiger partial charge in [-0.25, -0.2) is 0 Å². The Morgan fingerprint density at radius 2 is 1.56 bits per heavy atom. The Hall–Kier alpha value is -0.600. The maximum Gasteiger partial charge on any atom is 0.0636 e. The van der Waals surface area contributed by atoms with E-state index in [-0.39, 0.29) is 28.5 Å². The van der Waals surface area contributed by atoms with Gasteiger partial charge in [0.15, 0.2) is 0 Å². The lowest BCUT2D eigenvalue weighted by atomic mass is 9.43. The molecule has 2 nitrogen and oxygen atoms in total. The zero-order valence-electron chi connectivity index (χ0n) is 21.6. The van der Waals surface area contributed by atoms with Crippen LogP contribution in [0.15, 0.2) is 23.3 Å². The van der Waals surface area contributed by atoms with Crippen molar-refractivity contribution in [1.82, 2.24) is 0 Å². The van der Waals surface area contributed by atoms with Gasteiger partial charge in [0.1, 0.15) is 0 Å². The summed E-state index contributed by atoms with van der Waals surface area (Å²) < 4.78 is 0. The quantitative estimate of drug-likeness (QED) is 0.451. The Morgan fingerprint density at radius 3 is 2.22 bits per heavy atom. The average molecular weight is 441 g/mol. The summed E-state index contributed by atoms with van der Waals surface area (Å²) in [5, 5.41) is 22.1. The molecular weight excluding hydrogens is 392 g/mol. The van der Waals surface area contributed by atoms with Crippen LogP contribution < -0.4 is 0 Å². The van der Waals surface area contributed by atoms with E-state index in [2.05, 4.69) is 48.1 Å². The van der Waals surface area contributed by atoms with E-state index < -0.39 is 0 Å². The molecule has 0 amide bonds. The summed E-state index contributed by atoms with van der Waals surface area (Å²) in [4.78, 5) is 0. The highest BCUT2D eigenvalue weighted by Crippen LogP contribution is 2.73. The Labute approximate surface area is 197 Å². The molecule has 0 aromatic carbocycles. The highest BCUT2D eigenvalue weighted by molar-refractivity contribution is 5.39. The topological polar surface area (TPSA) is 40.5 Å². The fourth-order valence-corrected chi connectivity index (χ4v) is 10.4. The molecule has 0 spiro atoms. The van der Waals surface area contributed by atoms with Gasteiger partial charge in [-0.3, -0.25) is 0 Å². The van der Waals surface area contributed by atoms with Gasteiger partial charge in [-0.05, 0) is 111 Å². The summed E-state index contributed by atoms with van der Waals surface area (Å²) in [5.74, 6) is 1.98. The van der Waals surface area contributed by atoms with E-state index in [9.17, 15) is 10.2 Å². The molecular formula is C30H48O2. The van der Waals surface area contributed by atoms with Crippen molar-refractivity contribution >= 4 is 0 Å². The average Bonchev–Trinajstić information content (AvgIpc) is 3.22. The first-order valence-electron chi connectivity index (χ1n) is 13.6. The molecule has 0 unspecified atom stereocenters. The van der Waals surface area contributed by atoms with Crippen molar-refractivity contribution in [3.63, 3.8) is 0 Å². The second-order valence-electron chi connectivity index (χ2n) is 13.9. The number of hydrogen-bond donors (Lipinski definition) is 2. The van der Waals surface area contributed by atoms with Gasteiger partial charge in [0.05, 0.1) is 12.2 Å². The molecule has 0 bridgehead atoms. The lowest BCUT2D eigenvalue weighted by Crippen LogP contribution is -2.55. The SMILES string of the molecule is C=C(C)[C@@H]1CC[C@H]([C@H]2CC[C@@]3(C)C4=C(CC[C@]23C)[C@@]2(C)CC[C@H](O)C(C)(C)[C@@H]2CC4)[C@@H]1O. The van der Waals surface area contributed by atoms with Crippen molar-refractivity contribution in [2.45, 2.75) is 118 Å². The van der Waals surface area contributed by atoms with Crippen molar-refractivity contribution in [2.24, 2.45) is 45.3 Å². The van der Waals surface area contributed by atoms with E-state index >= 15 is 0 Å². The van der Waals surface area contributed by atoms with Crippen LogP contribution >= 0.6 is 0 Å². The molecule has 0 heterocycles. The van der Waals surface area contributed by atoms with Crippen molar-refractivity contribution < 1.29 is 10.2 Å². The van der Waals surface area contributed by atoms with Gasteiger partial charge in [0.2, 0.25) is 0 Å². The molecule has 5 rings (SSSR count). The van der Waals surface area contributed by atoms with Crippen LogP contribution in [-0.2, 0) is 0 Å². The molecule has 0 aliphatic heterocycles. The van der Waals surface area contributed by atoms with Crippen molar-refractivity contribution in [1.29, 1.82) is 0 Å². The number of hydrogen-bond acceptors (Lipinski definition) is 2. The Kier molecular flexibility index (Phi) is 5.21. The van der Waals surface area contributed by atoms with E-state index in [1.54, 1.807) is 5.57 Å². The first-order chi connectivity index (χ1) is 14.9. The summed E-state index contributed by atoms with van der Waals surface area (Å²) in [5.41, 5.74) is 5.63. The van der Waals surface area contributed by atoms with Crippen LogP contribution in [0.2, 0.25) is 0 Å². The minimum Gasteiger partial charge on any atom is -0.393 e. The van der Waals surface area contributed by atoms with Crippen LogP contribution in [-0.4, -0.2) is 22.4 Å².